The van der Waals surface area contributed by atoms with Crippen LogP contribution in [0.15, 0.2) is 18.2 Å². The number of piperazine rings is 1. The number of halogens is 1. The Bertz CT molecular complexity index is 712. The van der Waals surface area contributed by atoms with Crippen molar-refractivity contribution in [1.29, 1.82) is 0 Å². The van der Waals surface area contributed by atoms with Gasteiger partial charge in [-0.05, 0) is 6.07 Å². The fourth-order valence-electron chi connectivity index (χ4n) is 2.84. The summed E-state index contributed by atoms with van der Waals surface area (Å²) in [6.07, 6.45) is -0.114. The smallest absolute Gasteiger partial charge is 0.325 e. The Balaban J connectivity index is 2.09. The molecule has 1 saturated heterocycles. The normalized spacial score (nSPS) is 17.2. The van der Waals surface area contributed by atoms with Crippen molar-refractivity contribution in [1.82, 2.24) is 15.1 Å². The van der Waals surface area contributed by atoms with Gasteiger partial charge >= 0.3 is 5.97 Å². The molecule has 8 nitrogen and oxygen atoms in total. The monoisotopic (exact) mass is 381 g/mol. The van der Waals surface area contributed by atoms with Gasteiger partial charge in [0.1, 0.15) is 18.1 Å². The van der Waals surface area contributed by atoms with Gasteiger partial charge in [0.15, 0.2) is 0 Å². The maximum absolute atomic E-state index is 14.3. The first-order valence-corrected chi connectivity index (χ1v) is 8.50. The lowest BCUT2D eigenvalue weighted by Crippen LogP contribution is -2.56. The van der Waals surface area contributed by atoms with E-state index >= 15 is 0 Å². The second-order valence-electron chi connectivity index (χ2n) is 6.26. The zero-order valence-corrected chi connectivity index (χ0v) is 15.7. The Labute approximate surface area is 157 Å². The van der Waals surface area contributed by atoms with Crippen molar-refractivity contribution < 1.29 is 28.2 Å². The second kappa shape index (κ2) is 9.31. The topological polar surface area (TPSA) is 88.2 Å². The van der Waals surface area contributed by atoms with Crippen LogP contribution in [0.5, 0.6) is 5.75 Å². The number of nitrogens with one attached hydrogen (secondary N) is 1. The molecule has 0 aliphatic carbocycles. The highest BCUT2D eigenvalue weighted by molar-refractivity contribution is 5.90. The van der Waals surface area contributed by atoms with Gasteiger partial charge in [0.2, 0.25) is 11.8 Å². The molecule has 0 aromatic heterocycles. The zero-order valence-electron chi connectivity index (χ0n) is 15.7. The van der Waals surface area contributed by atoms with E-state index < -0.39 is 17.8 Å². The Morgan fingerprint density at radius 1 is 1.37 bits per heavy atom. The molecule has 1 atom stereocenters. The second-order valence-corrected chi connectivity index (χ2v) is 6.26. The van der Waals surface area contributed by atoms with Crippen LogP contribution in [0.3, 0.4) is 0 Å². The minimum atomic E-state index is -0.743. The molecule has 148 valence electrons. The van der Waals surface area contributed by atoms with Gasteiger partial charge in [-0.15, -0.1) is 0 Å². The third-order valence-corrected chi connectivity index (χ3v) is 4.46. The standard InChI is InChI=1S/C18H24FN3O5/c1-21(11-17(24)27-3)16(23)9-15-18(25)20-6-7-22(15)10-12-4-5-13(26-2)8-14(12)19/h4-5,8,15H,6-7,9-11H2,1-3H3,(H,20,25). The lowest BCUT2D eigenvalue weighted by molar-refractivity contribution is -0.147. The van der Waals surface area contributed by atoms with Gasteiger partial charge in [-0.3, -0.25) is 19.3 Å². The van der Waals surface area contributed by atoms with Crippen LogP contribution < -0.4 is 10.1 Å². The number of ether oxygens (including phenoxy) is 2. The molecule has 1 unspecified atom stereocenters. The van der Waals surface area contributed by atoms with Gasteiger partial charge < -0.3 is 19.7 Å². The van der Waals surface area contributed by atoms with Crippen LogP contribution in [0.1, 0.15) is 12.0 Å². The molecule has 1 N–H and O–H groups in total. The SMILES string of the molecule is COC(=O)CN(C)C(=O)CC1C(=O)NCCN1Cc1ccc(OC)cc1F. The van der Waals surface area contributed by atoms with E-state index in [1.54, 1.807) is 17.0 Å². The highest BCUT2D eigenvalue weighted by Crippen LogP contribution is 2.20. The van der Waals surface area contributed by atoms with Crippen molar-refractivity contribution in [2.45, 2.75) is 19.0 Å². The predicted octanol–water partition coefficient (Wildman–Crippen LogP) is 0.156. The molecule has 2 amide bonds. The minimum Gasteiger partial charge on any atom is -0.497 e. The number of nitrogens with zero attached hydrogens (tertiary/aromatic N) is 2. The molecule has 9 heteroatoms. The molecule has 1 heterocycles. The fourth-order valence-corrected chi connectivity index (χ4v) is 2.84. The molecule has 0 radical (unpaired) electrons. The maximum Gasteiger partial charge on any atom is 0.325 e. The fraction of sp³-hybridized carbons (Fsp3) is 0.500. The highest BCUT2D eigenvalue weighted by atomic mass is 19.1. The summed E-state index contributed by atoms with van der Waals surface area (Å²) in [5.74, 6) is -1.24. The Hall–Kier alpha value is -2.68. The average Bonchev–Trinajstić information content (AvgIpc) is 2.65. The molecule has 1 fully saturated rings. The Morgan fingerprint density at radius 2 is 2.11 bits per heavy atom. The number of carbonyl (C=O) groups excluding carboxylic acids is 3. The molecule has 1 aliphatic heterocycles. The van der Waals surface area contributed by atoms with Gasteiger partial charge in [0, 0.05) is 38.3 Å². The molecule has 27 heavy (non-hydrogen) atoms. The average molecular weight is 381 g/mol. The van der Waals surface area contributed by atoms with Crippen LogP contribution in [-0.4, -0.2) is 74.5 Å². The van der Waals surface area contributed by atoms with Crippen LogP contribution in [-0.2, 0) is 25.7 Å². The largest absolute Gasteiger partial charge is 0.497 e. The lowest BCUT2D eigenvalue weighted by Gasteiger charge is -2.35. The van der Waals surface area contributed by atoms with E-state index in [9.17, 15) is 18.8 Å². The van der Waals surface area contributed by atoms with Gasteiger partial charge in [-0.25, -0.2) is 4.39 Å². The van der Waals surface area contributed by atoms with E-state index in [1.165, 1.54) is 32.2 Å². The third kappa shape index (κ3) is 5.40. The van der Waals surface area contributed by atoms with Crippen molar-refractivity contribution in [3.05, 3.63) is 29.6 Å². The summed E-state index contributed by atoms with van der Waals surface area (Å²) in [4.78, 5) is 39.0. The van der Waals surface area contributed by atoms with Crippen molar-refractivity contribution in [2.24, 2.45) is 0 Å². The Kier molecular flexibility index (Phi) is 7.12. The summed E-state index contributed by atoms with van der Waals surface area (Å²) in [6, 6.07) is 3.78. The summed E-state index contributed by atoms with van der Waals surface area (Å²) in [6.45, 7) is 0.883. The molecule has 2 rings (SSSR count). The summed E-state index contributed by atoms with van der Waals surface area (Å²) in [5, 5.41) is 2.72. The van der Waals surface area contributed by atoms with E-state index in [-0.39, 0.29) is 31.3 Å². The molecule has 1 aromatic rings. The quantitative estimate of drug-likeness (QED) is 0.677. The van der Waals surface area contributed by atoms with Crippen molar-refractivity contribution in [3.63, 3.8) is 0 Å². The first kappa shape index (κ1) is 20.6. The third-order valence-electron chi connectivity index (χ3n) is 4.46. The van der Waals surface area contributed by atoms with Crippen LogP contribution in [0.25, 0.3) is 0 Å². The summed E-state index contributed by atoms with van der Waals surface area (Å²) < 4.78 is 23.8. The van der Waals surface area contributed by atoms with Crippen LogP contribution in [0, 0.1) is 5.82 Å². The number of benzene rings is 1. The maximum atomic E-state index is 14.3. The van der Waals surface area contributed by atoms with Crippen molar-refractivity contribution >= 4 is 17.8 Å². The number of methoxy groups -OCH3 is 2. The number of rotatable bonds is 7. The molecule has 1 aromatic carbocycles. The number of amides is 2. The molecule has 0 bridgehead atoms. The molecule has 0 saturated carbocycles. The predicted molar refractivity (Wildman–Crippen MR) is 94.4 cm³/mol. The van der Waals surface area contributed by atoms with Crippen molar-refractivity contribution in [2.75, 3.05) is 40.9 Å². The van der Waals surface area contributed by atoms with E-state index in [1.807, 2.05) is 0 Å². The zero-order chi connectivity index (χ0) is 20.0. The Morgan fingerprint density at radius 3 is 2.74 bits per heavy atom. The molecule has 1 aliphatic rings. The summed E-state index contributed by atoms with van der Waals surface area (Å²) in [5.41, 5.74) is 0.408. The van der Waals surface area contributed by atoms with E-state index in [2.05, 4.69) is 10.1 Å². The minimum absolute atomic E-state index is 0.114. The van der Waals surface area contributed by atoms with Gasteiger partial charge in [-0.2, -0.15) is 0 Å². The molecule has 0 spiro atoms. The first-order valence-electron chi connectivity index (χ1n) is 8.50. The number of carbonyl (C=O) groups is 3. The van der Waals surface area contributed by atoms with E-state index in [0.29, 0.717) is 24.4 Å². The summed E-state index contributed by atoms with van der Waals surface area (Å²) in [7, 11) is 4.16. The highest BCUT2D eigenvalue weighted by Gasteiger charge is 2.33. The van der Waals surface area contributed by atoms with Crippen LogP contribution in [0.4, 0.5) is 4.39 Å². The number of hydrogen-bond acceptors (Lipinski definition) is 6. The lowest BCUT2D eigenvalue weighted by atomic mass is 10.1. The van der Waals surface area contributed by atoms with Crippen molar-refractivity contribution in [3.8, 4) is 5.75 Å². The van der Waals surface area contributed by atoms with E-state index in [4.69, 9.17) is 4.74 Å². The molecular formula is C18H24FN3O5. The molecular weight excluding hydrogens is 357 g/mol. The summed E-state index contributed by atoms with van der Waals surface area (Å²) >= 11 is 0. The number of hydrogen-bond donors (Lipinski definition) is 1. The van der Waals surface area contributed by atoms with Gasteiger partial charge in [0.05, 0.1) is 26.7 Å². The first-order chi connectivity index (χ1) is 12.8. The van der Waals surface area contributed by atoms with Gasteiger partial charge in [0.25, 0.3) is 0 Å². The number of likely N-dealkylation sites (N-methyl/N-ethyl adjacent to an activating group) is 1. The number of esters is 1. The van der Waals surface area contributed by atoms with Crippen LogP contribution >= 0.6 is 0 Å². The van der Waals surface area contributed by atoms with Crippen LogP contribution in [0.2, 0.25) is 0 Å². The van der Waals surface area contributed by atoms with Gasteiger partial charge in [-0.1, -0.05) is 6.07 Å². The van der Waals surface area contributed by atoms with E-state index in [0.717, 1.165) is 0 Å².